The van der Waals surface area contributed by atoms with Crippen molar-refractivity contribution in [2.45, 2.75) is 44.9 Å². The maximum absolute atomic E-state index is 13.2. The number of ketones is 1. The van der Waals surface area contributed by atoms with E-state index in [1.807, 2.05) is 24.3 Å². The van der Waals surface area contributed by atoms with Crippen LogP contribution in [0.5, 0.6) is 5.75 Å². The van der Waals surface area contributed by atoms with E-state index in [1.54, 1.807) is 12.1 Å². The van der Waals surface area contributed by atoms with Crippen LogP contribution < -0.4 is 10.1 Å². The molecule has 1 amide bonds. The first-order valence-electron chi connectivity index (χ1n) is 10.8. The Balaban J connectivity index is 1.57. The summed E-state index contributed by atoms with van der Waals surface area (Å²) in [5, 5.41) is 13.9. The largest absolute Gasteiger partial charge is 0.493 e. The van der Waals surface area contributed by atoms with E-state index in [2.05, 4.69) is 19.2 Å². The van der Waals surface area contributed by atoms with Gasteiger partial charge in [0.2, 0.25) is 5.91 Å². The Hall–Kier alpha value is -3.48. The number of amides is 1. The van der Waals surface area contributed by atoms with Gasteiger partial charge in [0.15, 0.2) is 5.78 Å². The molecule has 7 nitrogen and oxygen atoms in total. The summed E-state index contributed by atoms with van der Waals surface area (Å²) < 4.78 is 5.74. The van der Waals surface area contributed by atoms with Gasteiger partial charge in [0.1, 0.15) is 5.75 Å². The van der Waals surface area contributed by atoms with Crippen LogP contribution in [-0.2, 0) is 9.59 Å². The standard InChI is InChI=1S/C25H26N2O5/c1-15(2)14-32-20-9-5-16(6-10-20)18-11-22-25(23(28)12-18)21(13-24(29)26-22)17-3-7-19(8-4-17)27(30)31/h3-10,15,18,21H,11-14H2,1-2H3,(H,26,29). The number of hydrogen-bond donors (Lipinski definition) is 1. The molecule has 1 aliphatic heterocycles. The van der Waals surface area contributed by atoms with Crippen LogP contribution in [0.1, 0.15) is 56.1 Å². The average molecular weight is 434 g/mol. The lowest BCUT2D eigenvalue weighted by Crippen LogP contribution is -2.38. The fourth-order valence-electron chi connectivity index (χ4n) is 4.41. The van der Waals surface area contributed by atoms with E-state index in [9.17, 15) is 19.7 Å². The van der Waals surface area contributed by atoms with Crippen LogP contribution in [0, 0.1) is 16.0 Å². The van der Waals surface area contributed by atoms with E-state index in [0.717, 1.165) is 16.9 Å². The van der Waals surface area contributed by atoms with Gasteiger partial charge in [-0.05, 0) is 41.5 Å². The Morgan fingerprint density at radius 3 is 2.28 bits per heavy atom. The fraction of sp³-hybridized carbons (Fsp3) is 0.360. The van der Waals surface area contributed by atoms with Crippen molar-refractivity contribution in [2.75, 3.05) is 6.61 Å². The lowest BCUT2D eigenvalue weighted by Gasteiger charge is -2.34. The molecule has 0 fully saturated rings. The first kappa shape index (κ1) is 21.7. The Morgan fingerprint density at radius 1 is 1.00 bits per heavy atom. The van der Waals surface area contributed by atoms with Crippen LogP contribution in [0.15, 0.2) is 59.8 Å². The third-order valence-electron chi connectivity index (χ3n) is 5.98. The molecule has 2 aromatic carbocycles. The zero-order valence-corrected chi connectivity index (χ0v) is 18.2. The zero-order chi connectivity index (χ0) is 22.8. The SMILES string of the molecule is CC(C)COc1ccc(C2CC(=O)C3=C(C2)NC(=O)CC3c2ccc([N+](=O)[O-])cc2)cc1. The van der Waals surface area contributed by atoms with Crippen LogP contribution in [0.3, 0.4) is 0 Å². The normalized spacial score (nSPS) is 20.7. The molecule has 0 saturated heterocycles. The number of carbonyl (C=O) groups is 2. The Labute approximate surface area is 186 Å². The number of hydrogen-bond acceptors (Lipinski definition) is 5. The van der Waals surface area contributed by atoms with Gasteiger partial charge in [-0.3, -0.25) is 19.7 Å². The zero-order valence-electron chi connectivity index (χ0n) is 18.2. The highest BCUT2D eigenvalue weighted by Gasteiger charge is 2.38. The summed E-state index contributed by atoms with van der Waals surface area (Å²) in [4.78, 5) is 36.1. The number of ether oxygens (including phenoxy) is 1. The molecule has 2 atom stereocenters. The molecule has 1 heterocycles. The van der Waals surface area contributed by atoms with Crippen molar-refractivity contribution in [1.82, 2.24) is 5.32 Å². The van der Waals surface area contributed by atoms with Gasteiger partial charge in [-0.15, -0.1) is 0 Å². The van der Waals surface area contributed by atoms with E-state index >= 15 is 0 Å². The van der Waals surface area contributed by atoms with Crippen molar-refractivity contribution in [3.63, 3.8) is 0 Å². The van der Waals surface area contributed by atoms with E-state index in [-0.39, 0.29) is 35.6 Å². The second-order valence-corrected chi connectivity index (χ2v) is 8.85. The first-order valence-corrected chi connectivity index (χ1v) is 10.8. The Kier molecular flexibility index (Phi) is 6.08. The first-order chi connectivity index (χ1) is 15.3. The minimum absolute atomic E-state index is 0.0136. The number of nitro benzene ring substituents is 1. The van der Waals surface area contributed by atoms with E-state index in [1.165, 1.54) is 12.1 Å². The number of rotatable bonds is 6. The highest BCUT2D eigenvalue weighted by molar-refractivity contribution is 6.02. The highest BCUT2D eigenvalue weighted by atomic mass is 16.6. The van der Waals surface area contributed by atoms with Gasteiger partial charge in [0.25, 0.3) is 5.69 Å². The Bertz CT molecular complexity index is 1070. The molecule has 0 spiro atoms. The summed E-state index contributed by atoms with van der Waals surface area (Å²) in [5.74, 6) is 0.720. The lowest BCUT2D eigenvalue weighted by atomic mass is 9.73. The summed E-state index contributed by atoms with van der Waals surface area (Å²) in [6.45, 7) is 4.83. The van der Waals surface area contributed by atoms with Crippen molar-refractivity contribution in [3.8, 4) is 5.75 Å². The molecule has 32 heavy (non-hydrogen) atoms. The fourth-order valence-corrected chi connectivity index (χ4v) is 4.41. The number of allylic oxidation sites excluding steroid dienone is 2. The maximum Gasteiger partial charge on any atom is 0.269 e. The van der Waals surface area contributed by atoms with Crippen molar-refractivity contribution >= 4 is 17.4 Å². The average Bonchev–Trinajstić information content (AvgIpc) is 2.77. The molecular formula is C25H26N2O5. The minimum atomic E-state index is -0.461. The third kappa shape index (κ3) is 4.56. The molecule has 0 radical (unpaired) electrons. The van der Waals surface area contributed by atoms with E-state index in [4.69, 9.17) is 4.74 Å². The topological polar surface area (TPSA) is 98.5 Å². The molecule has 4 rings (SSSR count). The predicted molar refractivity (Wildman–Crippen MR) is 119 cm³/mol. The predicted octanol–water partition coefficient (Wildman–Crippen LogP) is 4.63. The number of benzene rings is 2. The van der Waals surface area contributed by atoms with Crippen molar-refractivity contribution in [3.05, 3.63) is 81.0 Å². The van der Waals surface area contributed by atoms with Gasteiger partial charge < -0.3 is 10.1 Å². The van der Waals surface area contributed by atoms with E-state index < -0.39 is 4.92 Å². The van der Waals surface area contributed by atoms with E-state index in [0.29, 0.717) is 36.6 Å². The van der Waals surface area contributed by atoms with Crippen LogP contribution in [-0.4, -0.2) is 23.2 Å². The molecule has 1 aliphatic carbocycles. The smallest absolute Gasteiger partial charge is 0.269 e. The van der Waals surface area contributed by atoms with Gasteiger partial charge in [-0.25, -0.2) is 0 Å². The van der Waals surface area contributed by atoms with Crippen molar-refractivity contribution < 1.29 is 19.2 Å². The second kappa shape index (κ2) is 8.94. The summed E-state index contributed by atoms with van der Waals surface area (Å²) in [7, 11) is 0. The summed E-state index contributed by atoms with van der Waals surface area (Å²) in [6, 6.07) is 13.9. The molecule has 0 saturated carbocycles. The third-order valence-corrected chi connectivity index (χ3v) is 5.98. The quantitative estimate of drug-likeness (QED) is 0.528. The van der Waals surface area contributed by atoms with Crippen molar-refractivity contribution in [1.29, 1.82) is 0 Å². The minimum Gasteiger partial charge on any atom is -0.493 e. The second-order valence-electron chi connectivity index (χ2n) is 8.85. The van der Waals surface area contributed by atoms with Gasteiger partial charge in [-0.2, -0.15) is 0 Å². The summed E-state index contributed by atoms with van der Waals surface area (Å²) >= 11 is 0. The highest BCUT2D eigenvalue weighted by Crippen LogP contribution is 2.42. The lowest BCUT2D eigenvalue weighted by molar-refractivity contribution is -0.384. The molecular weight excluding hydrogens is 408 g/mol. The molecule has 2 aromatic rings. The molecule has 2 aliphatic rings. The molecule has 166 valence electrons. The van der Waals surface area contributed by atoms with Gasteiger partial charge in [0.05, 0.1) is 11.5 Å². The van der Waals surface area contributed by atoms with Crippen LogP contribution in [0.2, 0.25) is 0 Å². The number of carbonyl (C=O) groups excluding carboxylic acids is 2. The number of nitro groups is 1. The number of non-ortho nitro benzene ring substituents is 1. The van der Waals surface area contributed by atoms with Gasteiger partial charge >= 0.3 is 0 Å². The monoisotopic (exact) mass is 434 g/mol. The van der Waals surface area contributed by atoms with Crippen molar-refractivity contribution in [2.24, 2.45) is 5.92 Å². The van der Waals surface area contributed by atoms with Crippen LogP contribution in [0.25, 0.3) is 0 Å². The van der Waals surface area contributed by atoms with Crippen LogP contribution >= 0.6 is 0 Å². The maximum atomic E-state index is 13.2. The molecule has 2 unspecified atom stereocenters. The molecule has 0 aromatic heterocycles. The molecule has 7 heteroatoms. The van der Waals surface area contributed by atoms with Gasteiger partial charge in [0, 0.05) is 42.2 Å². The van der Waals surface area contributed by atoms with Gasteiger partial charge in [-0.1, -0.05) is 38.1 Å². The summed E-state index contributed by atoms with van der Waals surface area (Å²) in [6.07, 6.45) is 1.10. The molecule has 0 bridgehead atoms. The Morgan fingerprint density at radius 2 is 1.66 bits per heavy atom. The summed E-state index contributed by atoms with van der Waals surface area (Å²) in [5.41, 5.74) is 3.07. The number of nitrogens with zero attached hydrogens (tertiary/aromatic N) is 1. The number of Topliss-reactive ketones (excluding diaryl/α,β-unsaturated/α-hetero) is 1. The number of nitrogens with one attached hydrogen (secondary N) is 1. The van der Waals surface area contributed by atoms with Crippen LogP contribution in [0.4, 0.5) is 5.69 Å². The molecule has 1 N–H and O–H groups in total.